The minimum Gasteiger partial charge on any atom is -0.497 e. The van der Waals surface area contributed by atoms with E-state index >= 15 is 0 Å². The normalized spacial score (nSPS) is 11.2. The van der Waals surface area contributed by atoms with Gasteiger partial charge in [-0.3, -0.25) is 9.89 Å². The predicted molar refractivity (Wildman–Crippen MR) is 109 cm³/mol. The predicted octanol–water partition coefficient (Wildman–Crippen LogP) is 1.33. The molecule has 0 atom stereocenters. The van der Waals surface area contributed by atoms with Crippen LogP contribution in [0.25, 0.3) is 11.4 Å². The number of benzene rings is 2. The standard InChI is InChI=1S/C19H21N5O5S/c1-20-30(26,27)16-10-13(6-9-15(16)29-3)19(25)21-11-17-22-18(24-23-17)12-4-7-14(28-2)8-5-12/h4-10,20H,11H2,1-3H3,(H,21,25)(H,22,23,24). The fourth-order valence-electron chi connectivity index (χ4n) is 2.65. The lowest BCUT2D eigenvalue weighted by atomic mass is 10.2. The van der Waals surface area contributed by atoms with Crippen LogP contribution in [0.15, 0.2) is 47.4 Å². The Morgan fingerprint density at radius 1 is 1.10 bits per heavy atom. The van der Waals surface area contributed by atoms with Crippen LogP contribution in [0.4, 0.5) is 0 Å². The lowest BCUT2D eigenvalue weighted by Gasteiger charge is -2.10. The zero-order chi connectivity index (χ0) is 21.7. The number of nitrogens with zero attached hydrogens (tertiary/aromatic N) is 2. The van der Waals surface area contributed by atoms with Crippen molar-refractivity contribution < 1.29 is 22.7 Å². The molecule has 3 N–H and O–H groups in total. The maximum absolute atomic E-state index is 12.5. The van der Waals surface area contributed by atoms with Crippen molar-refractivity contribution in [3.05, 3.63) is 53.9 Å². The third-order valence-corrected chi connectivity index (χ3v) is 5.72. The Hall–Kier alpha value is -3.44. The second kappa shape index (κ2) is 8.93. The Morgan fingerprint density at radius 2 is 1.83 bits per heavy atom. The van der Waals surface area contributed by atoms with E-state index in [1.54, 1.807) is 19.2 Å². The van der Waals surface area contributed by atoms with Gasteiger partial charge in [0.25, 0.3) is 5.91 Å². The molecule has 0 saturated carbocycles. The molecule has 2 aromatic carbocycles. The molecule has 0 saturated heterocycles. The van der Waals surface area contributed by atoms with Crippen molar-refractivity contribution in [2.45, 2.75) is 11.4 Å². The summed E-state index contributed by atoms with van der Waals surface area (Å²) in [5.74, 6) is 1.33. The smallest absolute Gasteiger partial charge is 0.251 e. The van der Waals surface area contributed by atoms with Gasteiger partial charge >= 0.3 is 0 Å². The van der Waals surface area contributed by atoms with E-state index in [2.05, 4.69) is 25.2 Å². The zero-order valence-corrected chi connectivity index (χ0v) is 17.4. The van der Waals surface area contributed by atoms with Crippen LogP contribution in [0.2, 0.25) is 0 Å². The van der Waals surface area contributed by atoms with Gasteiger partial charge in [0.05, 0.1) is 20.8 Å². The lowest BCUT2D eigenvalue weighted by molar-refractivity contribution is 0.0949. The molecular formula is C19H21N5O5S. The SMILES string of the molecule is CNS(=O)(=O)c1cc(C(=O)NCc2nc(-c3ccc(OC)cc3)n[nH]2)ccc1OC. The van der Waals surface area contributed by atoms with E-state index in [1.165, 1.54) is 32.4 Å². The average Bonchev–Trinajstić information content (AvgIpc) is 3.26. The number of aromatic amines is 1. The van der Waals surface area contributed by atoms with Crippen molar-refractivity contribution >= 4 is 15.9 Å². The first-order chi connectivity index (χ1) is 14.4. The molecule has 0 bridgehead atoms. The summed E-state index contributed by atoms with van der Waals surface area (Å²) in [5.41, 5.74) is 0.959. The van der Waals surface area contributed by atoms with Crippen LogP contribution in [-0.2, 0) is 16.6 Å². The van der Waals surface area contributed by atoms with E-state index in [0.29, 0.717) is 11.6 Å². The van der Waals surface area contributed by atoms with Gasteiger partial charge in [-0.15, -0.1) is 0 Å². The van der Waals surface area contributed by atoms with Gasteiger partial charge in [0.15, 0.2) is 5.82 Å². The number of aromatic nitrogens is 3. The molecule has 0 unspecified atom stereocenters. The summed E-state index contributed by atoms with van der Waals surface area (Å²) in [7, 11) is 0.436. The van der Waals surface area contributed by atoms with Crippen LogP contribution in [0.5, 0.6) is 11.5 Å². The van der Waals surface area contributed by atoms with E-state index in [0.717, 1.165) is 11.3 Å². The zero-order valence-electron chi connectivity index (χ0n) is 16.6. The summed E-state index contributed by atoms with van der Waals surface area (Å²) < 4.78 is 36.7. The molecule has 1 aromatic heterocycles. The third kappa shape index (κ3) is 4.58. The Bertz CT molecular complexity index is 1140. The minimum absolute atomic E-state index is 0.0854. The number of amides is 1. The van der Waals surface area contributed by atoms with E-state index < -0.39 is 15.9 Å². The van der Waals surface area contributed by atoms with Crippen LogP contribution in [-0.4, -0.2) is 50.8 Å². The Balaban J connectivity index is 1.71. The molecule has 0 spiro atoms. The number of carbonyl (C=O) groups is 1. The number of carbonyl (C=O) groups excluding carboxylic acids is 1. The number of nitrogens with one attached hydrogen (secondary N) is 3. The van der Waals surface area contributed by atoms with E-state index in [4.69, 9.17) is 9.47 Å². The fraction of sp³-hybridized carbons (Fsp3) is 0.211. The van der Waals surface area contributed by atoms with Crippen LogP contribution >= 0.6 is 0 Å². The van der Waals surface area contributed by atoms with Crippen molar-refractivity contribution in [2.24, 2.45) is 0 Å². The van der Waals surface area contributed by atoms with E-state index in [1.807, 2.05) is 12.1 Å². The molecule has 11 heteroatoms. The van der Waals surface area contributed by atoms with Gasteiger partial charge in [0.1, 0.15) is 22.2 Å². The molecule has 0 aliphatic carbocycles. The molecular weight excluding hydrogens is 410 g/mol. The maximum atomic E-state index is 12.5. The molecule has 158 valence electrons. The van der Waals surface area contributed by atoms with Crippen LogP contribution in [0, 0.1) is 0 Å². The first-order valence-corrected chi connectivity index (χ1v) is 10.3. The number of sulfonamides is 1. The van der Waals surface area contributed by atoms with Gasteiger partial charge in [-0.25, -0.2) is 18.1 Å². The Morgan fingerprint density at radius 3 is 2.47 bits per heavy atom. The molecule has 0 fully saturated rings. The molecule has 0 aliphatic rings. The van der Waals surface area contributed by atoms with E-state index in [-0.39, 0.29) is 22.8 Å². The Labute approximate surface area is 173 Å². The number of rotatable bonds is 8. The fourth-order valence-corrected chi connectivity index (χ4v) is 3.57. The number of hydrogen-bond donors (Lipinski definition) is 3. The lowest BCUT2D eigenvalue weighted by Crippen LogP contribution is -2.25. The van der Waals surface area contributed by atoms with Gasteiger partial charge < -0.3 is 14.8 Å². The number of hydrogen-bond acceptors (Lipinski definition) is 7. The number of ether oxygens (including phenoxy) is 2. The summed E-state index contributed by atoms with van der Waals surface area (Å²) in [4.78, 5) is 16.7. The number of methoxy groups -OCH3 is 2. The highest BCUT2D eigenvalue weighted by Gasteiger charge is 2.20. The highest BCUT2D eigenvalue weighted by Crippen LogP contribution is 2.24. The van der Waals surface area contributed by atoms with E-state index in [9.17, 15) is 13.2 Å². The second-order valence-electron chi connectivity index (χ2n) is 6.09. The van der Waals surface area contributed by atoms with Crippen LogP contribution in [0.3, 0.4) is 0 Å². The van der Waals surface area contributed by atoms with Gasteiger partial charge in [-0.2, -0.15) is 5.10 Å². The van der Waals surface area contributed by atoms with Crippen LogP contribution in [0.1, 0.15) is 16.2 Å². The van der Waals surface area contributed by atoms with Gasteiger partial charge in [-0.05, 0) is 49.5 Å². The first kappa shape index (κ1) is 21.3. The highest BCUT2D eigenvalue weighted by atomic mass is 32.2. The summed E-state index contributed by atoms with van der Waals surface area (Å²) >= 11 is 0. The van der Waals surface area contributed by atoms with Crippen LogP contribution < -0.4 is 19.5 Å². The third-order valence-electron chi connectivity index (χ3n) is 4.28. The van der Waals surface area contributed by atoms with Crippen molar-refractivity contribution in [3.63, 3.8) is 0 Å². The highest BCUT2D eigenvalue weighted by molar-refractivity contribution is 7.89. The topological polar surface area (TPSA) is 135 Å². The second-order valence-corrected chi connectivity index (χ2v) is 7.95. The summed E-state index contributed by atoms with van der Waals surface area (Å²) in [5, 5.41) is 9.59. The molecule has 30 heavy (non-hydrogen) atoms. The quantitative estimate of drug-likeness (QED) is 0.489. The van der Waals surface area contributed by atoms with Crippen molar-refractivity contribution in [1.29, 1.82) is 0 Å². The molecule has 10 nitrogen and oxygen atoms in total. The maximum Gasteiger partial charge on any atom is 0.251 e. The van der Waals surface area contributed by atoms with Crippen molar-refractivity contribution in [1.82, 2.24) is 25.2 Å². The average molecular weight is 431 g/mol. The summed E-state index contributed by atoms with van der Waals surface area (Å²) in [6.45, 7) is 0.0854. The molecule has 3 aromatic rings. The monoisotopic (exact) mass is 431 g/mol. The molecule has 3 rings (SSSR count). The Kier molecular flexibility index (Phi) is 6.33. The molecule has 1 amide bonds. The van der Waals surface area contributed by atoms with Gasteiger partial charge in [0, 0.05) is 11.1 Å². The van der Waals surface area contributed by atoms with Gasteiger partial charge in [0.2, 0.25) is 10.0 Å². The first-order valence-electron chi connectivity index (χ1n) is 8.83. The molecule has 0 aliphatic heterocycles. The molecule has 1 heterocycles. The molecule has 0 radical (unpaired) electrons. The summed E-state index contributed by atoms with van der Waals surface area (Å²) in [6, 6.07) is 11.4. The van der Waals surface area contributed by atoms with Crippen molar-refractivity contribution in [2.75, 3.05) is 21.3 Å². The van der Waals surface area contributed by atoms with Crippen molar-refractivity contribution in [3.8, 4) is 22.9 Å². The van der Waals surface area contributed by atoms with Gasteiger partial charge in [-0.1, -0.05) is 0 Å². The number of H-pyrrole nitrogens is 1. The minimum atomic E-state index is -3.79. The summed E-state index contributed by atoms with van der Waals surface area (Å²) in [6.07, 6.45) is 0. The largest absolute Gasteiger partial charge is 0.497 e.